The molecule has 0 amide bonds. The van der Waals surface area contributed by atoms with Gasteiger partial charge in [0, 0.05) is 37.0 Å². The third-order valence-electron chi connectivity index (χ3n) is 3.62. The highest BCUT2D eigenvalue weighted by atomic mass is 16.1. The molecule has 0 aliphatic rings. The number of pyridine rings is 1. The molecule has 110 valence electrons. The Kier molecular flexibility index (Phi) is 5.64. The quantitative estimate of drug-likeness (QED) is 0.732. The van der Waals surface area contributed by atoms with E-state index in [0.717, 1.165) is 25.1 Å². The summed E-state index contributed by atoms with van der Waals surface area (Å²) >= 11 is 0. The maximum Gasteiger partial charge on any atom is 0.166 e. The zero-order valence-corrected chi connectivity index (χ0v) is 12.7. The van der Waals surface area contributed by atoms with Crippen LogP contribution in [0.2, 0.25) is 0 Å². The number of ketones is 1. The molecule has 0 spiro atoms. The van der Waals surface area contributed by atoms with Crippen LogP contribution in [0.15, 0.2) is 54.9 Å². The van der Waals surface area contributed by atoms with E-state index in [9.17, 15) is 4.79 Å². The first kappa shape index (κ1) is 15.4. The molecular formula is C18H22N2O. The van der Waals surface area contributed by atoms with E-state index in [-0.39, 0.29) is 11.7 Å². The van der Waals surface area contributed by atoms with Crippen molar-refractivity contribution in [2.75, 3.05) is 20.1 Å². The lowest BCUT2D eigenvalue weighted by atomic mass is 9.99. The van der Waals surface area contributed by atoms with Gasteiger partial charge in [-0.05, 0) is 31.2 Å². The van der Waals surface area contributed by atoms with E-state index in [1.54, 1.807) is 0 Å². The van der Waals surface area contributed by atoms with Gasteiger partial charge in [-0.15, -0.1) is 0 Å². The monoisotopic (exact) mass is 282 g/mol. The van der Waals surface area contributed by atoms with Crippen LogP contribution in [0.1, 0.15) is 22.8 Å². The van der Waals surface area contributed by atoms with Gasteiger partial charge in [0.1, 0.15) is 0 Å². The van der Waals surface area contributed by atoms with Crippen molar-refractivity contribution in [2.24, 2.45) is 5.92 Å². The smallest absolute Gasteiger partial charge is 0.166 e. The number of hydrogen-bond donors (Lipinski definition) is 0. The molecule has 0 N–H and O–H groups in total. The highest BCUT2D eigenvalue weighted by Crippen LogP contribution is 2.10. The van der Waals surface area contributed by atoms with E-state index < -0.39 is 0 Å². The van der Waals surface area contributed by atoms with E-state index in [2.05, 4.69) is 16.9 Å². The van der Waals surface area contributed by atoms with E-state index in [0.29, 0.717) is 0 Å². The minimum absolute atomic E-state index is 0.00911. The van der Waals surface area contributed by atoms with Gasteiger partial charge in [0.2, 0.25) is 0 Å². The van der Waals surface area contributed by atoms with Gasteiger partial charge < -0.3 is 4.90 Å². The molecule has 2 rings (SSSR count). The Labute approximate surface area is 126 Å². The Morgan fingerprint density at radius 3 is 2.48 bits per heavy atom. The second kappa shape index (κ2) is 7.70. The van der Waals surface area contributed by atoms with Gasteiger partial charge in [0.05, 0.1) is 0 Å². The first-order valence-electron chi connectivity index (χ1n) is 7.33. The van der Waals surface area contributed by atoms with E-state index >= 15 is 0 Å². The van der Waals surface area contributed by atoms with Crippen LogP contribution in [0.4, 0.5) is 0 Å². The van der Waals surface area contributed by atoms with Crippen molar-refractivity contribution >= 4 is 5.78 Å². The van der Waals surface area contributed by atoms with Crippen LogP contribution in [0.25, 0.3) is 0 Å². The van der Waals surface area contributed by atoms with Gasteiger partial charge in [-0.3, -0.25) is 9.78 Å². The summed E-state index contributed by atoms with van der Waals surface area (Å²) in [5.41, 5.74) is 2.08. The van der Waals surface area contributed by atoms with Crippen molar-refractivity contribution in [1.29, 1.82) is 0 Å². The molecule has 1 unspecified atom stereocenters. The van der Waals surface area contributed by atoms with Crippen LogP contribution in [0.5, 0.6) is 0 Å². The Balaban J connectivity index is 1.82. The fraction of sp³-hybridized carbons (Fsp3) is 0.333. The van der Waals surface area contributed by atoms with Crippen molar-refractivity contribution < 1.29 is 4.79 Å². The van der Waals surface area contributed by atoms with Gasteiger partial charge in [0.25, 0.3) is 0 Å². The summed E-state index contributed by atoms with van der Waals surface area (Å²) in [6, 6.07) is 13.6. The Hall–Kier alpha value is -2.00. The molecule has 0 aliphatic heterocycles. The van der Waals surface area contributed by atoms with Gasteiger partial charge >= 0.3 is 0 Å². The van der Waals surface area contributed by atoms with E-state index in [4.69, 9.17) is 0 Å². The maximum absolute atomic E-state index is 12.3. The van der Waals surface area contributed by atoms with Crippen LogP contribution in [0, 0.1) is 5.92 Å². The zero-order valence-electron chi connectivity index (χ0n) is 12.7. The predicted octanol–water partition coefficient (Wildman–Crippen LogP) is 3.07. The molecule has 21 heavy (non-hydrogen) atoms. The molecule has 0 radical (unpaired) electrons. The number of nitrogens with zero attached hydrogens (tertiary/aromatic N) is 2. The second-order valence-corrected chi connectivity index (χ2v) is 5.50. The summed E-state index contributed by atoms with van der Waals surface area (Å²) in [7, 11) is 2.07. The maximum atomic E-state index is 12.3. The fourth-order valence-corrected chi connectivity index (χ4v) is 2.40. The van der Waals surface area contributed by atoms with Crippen LogP contribution in [0.3, 0.4) is 0 Å². The van der Waals surface area contributed by atoms with E-state index in [1.165, 1.54) is 5.56 Å². The minimum Gasteiger partial charge on any atom is -0.305 e. The highest BCUT2D eigenvalue weighted by molar-refractivity contribution is 5.97. The molecule has 1 heterocycles. The number of carbonyl (C=O) groups is 1. The predicted molar refractivity (Wildman–Crippen MR) is 85.4 cm³/mol. The molecule has 0 saturated carbocycles. The molecule has 2 aromatic rings. The van der Waals surface area contributed by atoms with Crippen molar-refractivity contribution in [1.82, 2.24) is 9.88 Å². The number of hydrogen-bond acceptors (Lipinski definition) is 3. The Morgan fingerprint density at radius 2 is 1.81 bits per heavy atom. The molecule has 1 aromatic heterocycles. The number of Topliss-reactive ketones (excluding diaryl/α,β-unsaturated/α-hetero) is 1. The summed E-state index contributed by atoms with van der Waals surface area (Å²) in [4.78, 5) is 18.6. The standard InChI is InChI=1S/C18H22N2O/c1-15(18(21)17-6-4-3-5-7-17)14-20(2)13-10-16-8-11-19-12-9-16/h3-9,11-12,15H,10,13-14H2,1-2H3. The first-order valence-corrected chi connectivity index (χ1v) is 7.33. The number of carbonyl (C=O) groups excluding carboxylic acids is 1. The van der Waals surface area contributed by atoms with Crippen molar-refractivity contribution in [3.05, 3.63) is 66.0 Å². The highest BCUT2D eigenvalue weighted by Gasteiger charge is 2.16. The minimum atomic E-state index is 0.00911. The summed E-state index contributed by atoms with van der Waals surface area (Å²) in [5.74, 6) is 0.223. The summed E-state index contributed by atoms with van der Waals surface area (Å²) in [5, 5.41) is 0. The molecule has 0 saturated heterocycles. The van der Waals surface area contributed by atoms with Crippen molar-refractivity contribution in [3.63, 3.8) is 0 Å². The number of rotatable bonds is 7. The van der Waals surface area contributed by atoms with Crippen molar-refractivity contribution in [2.45, 2.75) is 13.3 Å². The van der Waals surface area contributed by atoms with Crippen LogP contribution >= 0.6 is 0 Å². The van der Waals surface area contributed by atoms with Crippen LogP contribution in [-0.4, -0.2) is 35.8 Å². The van der Waals surface area contributed by atoms with Gasteiger partial charge in [-0.1, -0.05) is 37.3 Å². The molecule has 0 fully saturated rings. The summed E-state index contributed by atoms with van der Waals surface area (Å²) in [6.07, 6.45) is 4.61. The third-order valence-corrected chi connectivity index (χ3v) is 3.62. The lowest BCUT2D eigenvalue weighted by molar-refractivity contribution is 0.0903. The molecule has 1 atom stereocenters. The Bertz CT molecular complexity index is 554. The molecule has 0 aliphatic carbocycles. The first-order chi connectivity index (χ1) is 10.2. The van der Waals surface area contributed by atoms with Gasteiger partial charge in [-0.2, -0.15) is 0 Å². The van der Waals surface area contributed by atoms with Gasteiger partial charge in [0.15, 0.2) is 5.78 Å². The molecule has 1 aromatic carbocycles. The van der Waals surface area contributed by atoms with E-state index in [1.807, 2.05) is 61.8 Å². The number of aromatic nitrogens is 1. The lowest BCUT2D eigenvalue weighted by Gasteiger charge is -2.20. The van der Waals surface area contributed by atoms with Gasteiger partial charge in [-0.25, -0.2) is 0 Å². The fourth-order valence-electron chi connectivity index (χ4n) is 2.40. The second-order valence-electron chi connectivity index (χ2n) is 5.50. The molecule has 3 nitrogen and oxygen atoms in total. The average Bonchev–Trinajstić information content (AvgIpc) is 2.54. The molecule has 3 heteroatoms. The SMILES string of the molecule is CC(CN(C)CCc1ccncc1)C(=O)c1ccccc1. The molecule has 0 bridgehead atoms. The van der Waals surface area contributed by atoms with Crippen LogP contribution < -0.4 is 0 Å². The average molecular weight is 282 g/mol. The largest absolute Gasteiger partial charge is 0.305 e. The van der Waals surface area contributed by atoms with Crippen molar-refractivity contribution in [3.8, 4) is 0 Å². The number of benzene rings is 1. The Morgan fingerprint density at radius 1 is 1.14 bits per heavy atom. The normalized spacial score (nSPS) is 12.3. The zero-order chi connectivity index (χ0) is 15.1. The molecular weight excluding hydrogens is 260 g/mol. The number of likely N-dealkylation sites (N-methyl/N-ethyl adjacent to an activating group) is 1. The topological polar surface area (TPSA) is 33.2 Å². The lowest BCUT2D eigenvalue weighted by Crippen LogP contribution is -2.30. The third kappa shape index (κ3) is 4.80. The summed E-state index contributed by atoms with van der Waals surface area (Å²) < 4.78 is 0. The summed E-state index contributed by atoms with van der Waals surface area (Å²) in [6.45, 7) is 3.72. The van der Waals surface area contributed by atoms with Crippen LogP contribution in [-0.2, 0) is 6.42 Å².